The van der Waals surface area contributed by atoms with Crippen LogP contribution in [0.3, 0.4) is 0 Å². The third kappa shape index (κ3) is 6.33. The largest absolute Gasteiger partial charge is 0.360 e. The summed E-state index contributed by atoms with van der Waals surface area (Å²) in [4.78, 5) is 13.8. The number of hydrogen-bond acceptors (Lipinski definition) is 2. The van der Waals surface area contributed by atoms with Crippen LogP contribution in [-0.4, -0.2) is 43.8 Å². The predicted octanol–water partition coefficient (Wildman–Crippen LogP) is 5.33. The highest BCUT2D eigenvalue weighted by atomic mass is 35.5. The molecule has 1 amide bonds. The Labute approximate surface area is 171 Å². The van der Waals surface area contributed by atoms with Crippen molar-refractivity contribution in [3.8, 4) is 0 Å². The van der Waals surface area contributed by atoms with Crippen LogP contribution >= 0.6 is 21.6 Å². The molecule has 2 aromatic rings. The topological polar surface area (TPSA) is 29.5 Å². The zero-order valence-corrected chi connectivity index (χ0v) is 17.7. The quantitative estimate of drug-likeness (QED) is 0.476. The van der Waals surface area contributed by atoms with Gasteiger partial charge in [-0.05, 0) is 43.0 Å². The number of carbonyl (C=O) groups excluding carboxylic acids is 1. The monoisotopic (exact) mass is 427 g/mol. The molecule has 0 spiro atoms. The molecule has 1 heterocycles. The number of rotatable bonds is 5. The number of anilines is 1. The third-order valence-electron chi connectivity index (χ3n) is 3.93. The molecule has 0 aliphatic carbocycles. The van der Waals surface area contributed by atoms with E-state index in [1.165, 1.54) is 18.2 Å². The Morgan fingerprint density at radius 3 is 2.29 bits per heavy atom. The molecular weight excluding hydrogens is 404 g/mol. The first-order chi connectivity index (χ1) is 13.1. The molecule has 1 aliphatic heterocycles. The fourth-order valence-corrected chi connectivity index (χ4v) is 3.21. The van der Waals surface area contributed by atoms with E-state index in [9.17, 15) is 13.6 Å². The van der Waals surface area contributed by atoms with E-state index in [4.69, 9.17) is 16.3 Å². The molecule has 0 aromatic heterocycles. The summed E-state index contributed by atoms with van der Waals surface area (Å²) in [7, 11) is -0.579. The highest BCUT2D eigenvalue weighted by molar-refractivity contribution is 8.32. The molecule has 0 atom stereocenters. The molecule has 0 saturated carbocycles. The Morgan fingerprint density at radius 2 is 1.75 bits per heavy atom. The minimum Gasteiger partial charge on any atom is -0.360 e. The van der Waals surface area contributed by atoms with Crippen molar-refractivity contribution in [2.24, 2.45) is 0 Å². The van der Waals surface area contributed by atoms with Gasteiger partial charge < -0.3 is 4.74 Å². The van der Waals surface area contributed by atoms with E-state index in [1.54, 1.807) is 17.0 Å². The van der Waals surface area contributed by atoms with Crippen molar-refractivity contribution in [3.63, 3.8) is 0 Å². The molecule has 0 saturated heterocycles. The Balaban J connectivity index is 0.000000292. The van der Waals surface area contributed by atoms with Gasteiger partial charge in [0.05, 0.1) is 12.3 Å². The molecular formula is C21H24ClF2NO2S. The Hall–Kier alpha value is -1.89. The fraction of sp³-hybridized carbons (Fsp3) is 0.286. The molecule has 7 heteroatoms. The van der Waals surface area contributed by atoms with E-state index >= 15 is 0 Å². The molecule has 3 nitrogen and oxygen atoms in total. The first kappa shape index (κ1) is 22.4. The van der Waals surface area contributed by atoms with Crippen LogP contribution < -0.4 is 4.90 Å². The van der Waals surface area contributed by atoms with E-state index in [0.717, 1.165) is 23.1 Å². The molecule has 152 valence electrons. The van der Waals surface area contributed by atoms with Gasteiger partial charge in [0.25, 0.3) is 5.91 Å². The highest BCUT2D eigenvalue weighted by Gasteiger charge is 2.31. The van der Waals surface area contributed by atoms with Gasteiger partial charge in [0, 0.05) is 28.0 Å². The summed E-state index contributed by atoms with van der Waals surface area (Å²) in [6.45, 7) is 4.75. The van der Waals surface area contributed by atoms with E-state index in [1.807, 2.05) is 6.07 Å². The Bertz CT molecular complexity index is 850. The summed E-state index contributed by atoms with van der Waals surface area (Å²) in [5.74, 6) is -0.154. The van der Waals surface area contributed by atoms with Gasteiger partial charge in [0.1, 0.15) is 18.4 Å². The van der Waals surface area contributed by atoms with Gasteiger partial charge in [0.15, 0.2) is 0 Å². The van der Waals surface area contributed by atoms with E-state index in [-0.39, 0.29) is 12.6 Å². The molecule has 2 aromatic carbocycles. The lowest BCUT2D eigenvalue weighted by Crippen LogP contribution is -2.29. The van der Waals surface area contributed by atoms with Crippen molar-refractivity contribution >= 4 is 38.8 Å². The fourth-order valence-electron chi connectivity index (χ4n) is 2.42. The van der Waals surface area contributed by atoms with Crippen LogP contribution in [0.4, 0.5) is 14.5 Å². The van der Waals surface area contributed by atoms with Gasteiger partial charge in [-0.2, -0.15) is 0 Å². The number of halogens is 3. The summed E-state index contributed by atoms with van der Waals surface area (Å²) in [6, 6.07) is 9.94. The van der Waals surface area contributed by atoms with Crippen LogP contribution in [0.1, 0.15) is 5.56 Å². The summed E-state index contributed by atoms with van der Waals surface area (Å²) in [5.41, 5.74) is 2.13. The molecule has 0 fully saturated rings. The van der Waals surface area contributed by atoms with E-state index in [0.29, 0.717) is 17.2 Å². The van der Waals surface area contributed by atoms with Crippen molar-refractivity contribution < 1.29 is 18.3 Å². The lowest BCUT2D eigenvalue weighted by atomic mass is 10.1. The number of nitrogens with zero attached hydrogens (tertiary/aromatic N) is 1. The number of benzene rings is 2. The van der Waals surface area contributed by atoms with Crippen molar-refractivity contribution in [3.05, 3.63) is 71.3 Å². The molecule has 28 heavy (non-hydrogen) atoms. The molecule has 3 rings (SSSR count). The van der Waals surface area contributed by atoms with E-state index in [2.05, 4.69) is 25.3 Å². The molecule has 0 unspecified atom stereocenters. The molecule has 1 aliphatic rings. The number of amides is 1. The smallest absolute Gasteiger partial charge is 0.260 e. The highest BCUT2D eigenvalue weighted by Crippen LogP contribution is 2.37. The number of ether oxygens (including phenoxy) is 1. The first-order valence-corrected chi connectivity index (χ1v) is 11.9. The summed E-state index contributed by atoms with van der Waals surface area (Å²) in [6.07, 6.45) is 6.73. The number of hydrogen-bond donors (Lipinski definition) is 0. The van der Waals surface area contributed by atoms with Crippen molar-refractivity contribution in [1.29, 1.82) is 0 Å². The van der Waals surface area contributed by atoms with Gasteiger partial charge in [-0.25, -0.2) is 18.8 Å². The predicted molar refractivity (Wildman–Crippen MR) is 115 cm³/mol. The van der Waals surface area contributed by atoms with Crippen molar-refractivity contribution in [2.45, 2.75) is 0 Å². The second-order valence-corrected chi connectivity index (χ2v) is 12.2. The van der Waals surface area contributed by atoms with Crippen LogP contribution in [0.15, 0.2) is 49.0 Å². The number of fused-ring (bicyclic) bond motifs is 1. The van der Waals surface area contributed by atoms with Gasteiger partial charge in [0.2, 0.25) is 0 Å². The van der Waals surface area contributed by atoms with Gasteiger partial charge in [-0.3, -0.25) is 9.69 Å². The minimum atomic E-state index is -0.579. The first-order valence-electron chi connectivity index (χ1n) is 8.54. The van der Waals surface area contributed by atoms with Gasteiger partial charge >= 0.3 is 0 Å². The minimum absolute atomic E-state index is 0.106. The summed E-state index contributed by atoms with van der Waals surface area (Å²) in [5, 5.41) is 0.607. The van der Waals surface area contributed by atoms with Crippen LogP contribution in [0.25, 0.3) is 5.57 Å². The number of carbonyl (C=O) groups is 1. The zero-order chi connectivity index (χ0) is 20.9. The molecule has 0 radical (unpaired) electrons. The molecule has 0 N–H and O–H groups in total. The van der Waals surface area contributed by atoms with Crippen LogP contribution in [0, 0.1) is 11.6 Å². The van der Waals surface area contributed by atoms with Gasteiger partial charge in [-0.15, -0.1) is 0 Å². The van der Waals surface area contributed by atoms with Crippen molar-refractivity contribution in [1.82, 2.24) is 0 Å². The second kappa shape index (κ2) is 9.54. The third-order valence-corrected chi connectivity index (χ3v) is 5.55. The van der Waals surface area contributed by atoms with Crippen molar-refractivity contribution in [2.75, 3.05) is 42.8 Å². The lowest BCUT2D eigenvalue weighted by molar-refractivity contribution is -0.114. The maximum absolute atomic E-state index is 12.2. The Morgan fingerprint density at radius 1 is 1.11 bits per heavy atom. The average Bonchev–Trinajstić information content (AvgIpc) is 2.82. The second-order valence-electron chi connectivity index (χ2n) is 7.15. The van der Waals surface area contributed by atoms with Crippen LogP contribution in [-0.2, 0) is 9.53 Å². The molecule has 0 bridgehead atoms. The standard InChI is InChI=1S/C15H20ClNO2S.C6H4F2/c1-11-13-6-5-12(16)9-14(13)17(15(11)18)10-19-7-8-20(2,3)4;7-5-2-1-3-6(8)4-5/h5-6,9H,1,7-8,10H2,2-4H3;1-4H. The van der Waals surface area contributed by atoms with E-state index < -0.39 is 21.7 Å². The maximum Gasteiger partial charge on any atom is 0.260 e. The lowest BCUT2D eigenvalue weighted by Gasteiger charge is -2.25. The maximum atomic E-state index is 12.2. The van der Waals surface area contributed by atoms with Crippen LogP contribution in [0.2, 0.25) is 5.02 Å². The zero-order valence-electron chi connectivity index (χ0n) is 16.2. The van der Waals surface area contributed by atoms with Gasteiger partial charge in [-0.1, -0.05) is 30.3 Å². The Kier molecular flexibility index (Phi) is 7.63. The summed E-state index contributed by atoms with van der Waals surface area (Å²) >= 11 is 6.00. The summed E-state index contributed by atoms with van der Waals surface area (Å²) < 4.78 is 29.5. The average molecular weight is 428 g/mol. The van der Waals surface area contributed by atoms with Crippen LogP contribution in [0.5, 0.6) is 0 Å². The normalized spacial score (nSPS) is 13.9. The SMILES string of the molecule is C=C1C(=O)N(COCCS(C)(C)C)c2cc(Cl)ccc21.Fc1cccc(F)c1.